The Kier molecular flexibility index (Phi) is 4.96. The maximum absolute atomic E-state index is 12.6. The Hall–Kier alpha value is -2.60. The number of hydrogen-bond donors (Lipinski definition) is 1. The summed E-state index contributed by atoms with van der Waals surface area (Å²) in [6.07, 6.45) is 3.27. The highest BCUT2D eigenvalue weighted by Crippen LogP contribution is 2.14. The highest BCUT2D eigenvalue weighted by atomic mass is 79.9. The van der Waals surface area contributed by atoms with E-state index in [1.54, 1.807) is 24.1 Å². The summed E-state index contributed by atoms with van der Waals surface area (Å²) in [5.41, 5.74) is 1.64. The van der Waals surface area contributed by atoms with E-state index in [2.05, 4.69) is 26.2 Å². The fourth-order valence-electron chi connectivity index (χ4n) is 2.27. The van der Waals surface area contributed by atoms with Crippen molar-refractivity contribution in [1.82, 2.24) is 9.55 Å². The Morgan fingerprint density at radius 1 is 1.12 bits per heavy atom. The van der Waals surface area contributed by atoms with Gasteiger partial charge in [0.1, 0.15) is 5.75 Å². The van der Waals surface area contributed by atoms with E-state index < -0.39 is 0 Å². The van der Waals surface area contributed by atoms with Gasteiger partial charge in [-0.2, -0.15) is 0 Å². The molecule has 1 aromatic heterocycles. The summed E-state index contributed by atoms with van der Waals surface area (Å²) in [5, 5.41) is 3.09. The molecule has 0 radical (unpaired) electrons. The number of nitrogens with zero attached hydrogens (tertiary/aromatic N) is 2. The van der Waals surface area contributed by atoms with Gasteiger partial charge in [-0.05, 0) is 42.0 Å². The minimum Gasteiger partial charge on any atom is -0.497 e. The predicted molar refractivity (Wildman–Crippen MR) is 97.9 cm³/mol. The second-order valence-electron chi connectivity index (χ2n) is 5.13. The minimum atomic E-state index is -0.187. The summed E-state index contributed by atoms with van der Waals surface area (Å²) < 4.78 is 7.66. The van der Waals surface area contributed by atoms with Crippen LogP contribution in [0.4, 0.5) is 5.82 Å². The van der Waals surface area contributed by atoms with Crippen LogP contribution in [-0.4, -0.2) is 16.7 Å². The lowest BCUT2D eigenvalue weighted by atomic mass is 10.2. The van der Waals surface area contributed by atoms with Crippen molar-refractivity contribution in [1.29, 1.82) is 0 Å². The average molecular weight is 386 g/mol. The van der Waals surface area contributed by atoms with E-state index in [4.69, 9.17) is 4.74 Å². The van der Waals surface area contributed by atoms with Crippen LogP contribution < -0.4 is 15.6 Å². The number of rotatable bonds is 5. The van der Waals surface area contributed by atoms with Crippen LogP contribution in [0.15, 0.2) is 70.2 Å². The summed E-state index contributed by atoms with van der Waals surface area (Å²) >= 11 is 3.39. The number of halogens is 1. The van der Waals surface area contributed by atoms with Gasteiger partial charge in [0.25, 0.3) is 5.56 Å². The van der Waals surface area contributed by atoms with Gasteiger partial charge >= 0.3 is 0 Å². The van der Waals surface area contributed by atoms with E-state index in [0.29, 0.717) is 12.4 Å². The van der Waals surface area contributed by atoms with Crippen LogP contribution >= 0.6 is 15.9 Å². The third-order valence-electron chi connectivity index (χ3n) is 3.56. The van der Waals surface area contributed by atoms with Crippen molar-refractivity contribution in [2.75, 3.05) is 12.4 Å². The van der Waals surface area contributed by atoms with Crippen LogP contribution in [0.1, 0.15) is 5.56 Å². The van der Waals surface area contributed by atoms with Crippen molar-refractivity contribution in [3.05, 3.63) is 81.3 Å². The first-order chi connectivity index (χ1) is 11.7. The minimum absolute atomic E-state index is 0.187. The molecule has 0 spiro atoms. The van der Waals surface area contributed by atoms with Crippen molar-refractivity contribution < 1.29 is 4.74 Å². The van der Waals surface area contributed by atoms with Crippen LogP contribution in [-0.2, 0) is 6.54 Å². The molecule has 6 heteroatoms. The number of hydrogen-bond acceptors (Lipinski definition) is 4. The summed E-state index contributed by atoms with van der Waals surface area (Å²) in [6, 6.07) is 15.2. The lowest BCUT2D eigenvalue weighted by Gasteiger charge is -2.09. The Morgan fingerprint density at radius 2 is 1.83 bits per heavy atom. The van der Waals surface area contributed by atoms with Crippen LogP contribution in [0.25, 0.3) is 5.69 Å². The maximum atomic E-state index is 12.6. The molecule has 5 nitrogen and oxygen atoms in total. The molecular weight excluding hydrogens is 370 g/mol. The van der Waals surface area contributed by atoms with Gasteiger partial charge < -0.3 is 10.1 Å². The third kappa shape index (κ3) is 3.65. The van der Waals surface area contributed by atoms with Crippen molar-refractivity contribution in [3.63, 3.8) is 0 Å². The summed E-state index contributed by atoms with van der Waals surface area (Å²) in [5.74, 6) is 1.12. The van der Waals surface area contributed by atoms with Gasteiger partial charge in [-0.25, -0.2) is 4.98 Å². The SMILES string of the molecule is COc1ccc(CNc2nccn(-c3ccc(Br)cc3)c2=O)cc1. The average Bonchev–Trinajstić information content (AvgIpc) is 2.62. The molecule has 2 aromatic carbocycles. The van der Waals surface area contributed by atoms with Crippen molar-refractivity contribution in [3.8, 4) is 11.4 Å². The quantitative estimate of drug-likeness (QED) is 0.728. The molecule has 3 rings (SSSR count). The second-order valence-corrected chi connectivity index (χ2v) is 6.04. The molecule has 3 aromatic rings. The van der Waals surface area contributed by atoms with Crippen LogP contribution in [0.3, 0.4) is 0 Å². The zero-order chi connectivity index (χ0) is 16.9. The largest absolute Gasteiger partial charge is 0.497 e. The molecule has 122 valence electrons. The molecule has 24 heavy (non-hydrogen) atoms. The topological polar surface area (TPSA) is 56.1 Å². The van der Waals surface area contributed by atoms with Gasteiger partial charge in [-0.1, -0.05) is 28.1 Å². The zero-order valence-electron chi connectivity index (χ0n) is 13.1. The Morgan fingerprint density at radius 3 is 2.50 bits per heavy atom. The predicted octanol–water partition coefficient (Wildman–Crippen LogP) is 3.62. The van der Waals surface area contributed by atoms with E-state index in [9.17, 15) is 4.79 Å². The van der Waals surface area contributed by atoms with Crippen LogP contribution in [0.2, 0.25) is 0 Å². The van der Waals surface area contributed by atoms with Gasteiger partial charge in [-0.3, -0.25) is 9.36 Å². The number of aromatic nitrogens is 2. The Balaban J connectivity index is 1.80. The van der Waals surface area contributed by atoms with Gasteiger partial charge in [0.15, 0.2) is 5.82 Å². The van der Waals surface area contributed by atoms with E-state index in [1.165, 1.54) is 0 Å². The normalized spacial score (nSPS) is 10.4. The van der Waals surface area contributed by atoms with E-state index in [0.717, 1.165) is 21.5 Å². The van der Waals surface area contributed by atoms with Crippen molar-refractivity contribution >= 4 is 21.7 Å². The molecule has 0 aliphatic carbocycles. The zero-order valence-corrected chi connectivity index (χ0v) is 14.7. The number of benzene rings is 2. The number of methoxy groups -OCH3 is 1. The molecule has 1 heterocycles. The van der Waals surface area contributed by atoms with Crippen LogP contribution in [0.5, 0.6) is 5.75 Å². The summed E-state index contributed by atoms with van der Waals surface area (Å²) in [6.45, 7) is 0.511. The van der Waals surface area contributed by atoms with E-state index in [-0.39, 0.29) is 5.56 Å². The van der Waals surface area contributed by atoms with Crippen LogP contribution in [0, 0.1) is 0 Å². The lowest BCUT2D eigenvalue weighted by Crippen LogP contribution is -2.23. The molecule has 0 saturated heterocycles. The standard InChI is InChI=1S/C18H16BrN3O2/c1-24-16-8-2-13(3-9-16)12-21-17-18(23)22(11-10-20-17)15-6-4-14(19)5-7-15/h2-11H,12H2,1H3,(H,20,21). The Labute approximate surface area is 148 Å². The number of ether oxygens (including phenoxy) is 1. The van der Waals surface area contributed by atoms with E-state index in [1.807, 2.05) is 48.5 Å². The number of nitrogens with one attached hydrogen (secondary N) is 1. The fraction of sp³-hybridized carbons (Fsp3) is 0.111. The molecule has 0 fully saturated rings. The van der Waals surface area contributed by atoms with E-state index >= 15 is 0 Å². The highest BCUT2D eigenvalue weighted by Gasteiger charge is 2.06. The number of anilines is 1. The molecule has 0 aliphatic heterocycles. The first-order valence-corrected chi connectivity index (χ1v) is 8.17. The molecule has 1 N–H and O–H groups in total. The molecule has 0 amide bonds. The molecule has 0 aliphatic rings. The van der Waals surface area contributed by atoms with Gasteiger partial charge in [0, 0.05) is 29.1 Å². The van der Waals surface area contributed by atoms with Crippen molar-refractivity contribution in [2.45, 2.75) is 6.54 Å². The van der Waals surface area contributed by atoms with Gasteiger partial charge in [0.05, 0.1) is 7.11 Å². The molecule has 0 unspecified atom stereocenters. The maximum Gasteiger partial charge on any atom is 0.297 e. The molecule has 0 atom stereocenters. The Bertz CT molecular complexity index is 874. The first kappa shape index (κ1) is 16.3. The lowest BCUT2D eigenvalue weighted by molar-refractivity contribution is 0.414. The summed E-state index contributed by atoms with van der Waals surface area (Å²) in [4.78, 5) is 16.7. The third-order valence-corrected chi connectivity index (χ3v) is 4.09. The molecular formula is C18H16BrN3O2. The summed E-state index contributed by atoms with van der Waals surface area (Å²) in [7, 11) is 1.63. The monoisotopic (exact) mass is 385 g/mol. The van der Waals surface area contributed by atoms with Gasteiger partial charge in [-0.15, -0.1) is 0 Å². The molecule has 0 bridgehead atoms. The first-order valence-electron chi connectivity index (χ1n) is 7.38. The fourth-order valence-corrected chi connectivity index (χ4v) is 2.53. The smallest absolute Gasteiger partial charge is 0.297 e. The highest BCUT2D eigenvalue weighted by molar-refractivity contribution is 9.10. The second kappa shape index (κ2) is 7.31. The van der Waals surface area contributed by atoms with Crippen molar-refractivity contribution in [2.24, 2.45) is 0 Å². The molecule has 0 saturated carbocycles. The van der Waals surface area contributed by atoms with Gasteiger partial charge in [0.2, 0.25) is 0 Å².